The first-order chi connectivity index (χ1) is 15.1. The highest BCUT2D eigenvalue weighted by Crippen LogP contribution is 2.33. The molecule has 0 bridgehead atoms. The fourth-order valence-corrected chi connectivity index (χ4v) is 4.48. The molecule has 31 heavy (non-hydrogen) atoms. The highest BCUT2D eigenvalue weighted by Gasteiger charge is 2.19. The van der Waals surface area contributed by atoms with Gasteiger partial charge in [-0.1, -0.05) is 36.4 Å². The maximum atomic E-state index is 12.5. The van der Waals surface area contributed by atoms with E-state index in [9.17, 15) is 4.79 Å². The highest BCUT2D eigenvalue weighted by molar-refractivity contribution is 7.80. The Morgan fingerprint density at radius 2 is 1.90 bits per heavy atom. The van der Waals surface area contributed by atoms with Gasteiger partial charge in [-0.05, 0) is 48.5 Å². The first-order valence-corrected chi connectivity index (χ1v) is 11.1. The van der Waals surface area contributed by atoms with Crippen LogP contribution < -0.4 is 20.1 Å². The van der Waals surface area contributed by atoms with Crippen molar-refractivity contribution in [2.45, 2.75) is 19.9 Å². The molecule has 0 spiro atoms. The quantitative estimate of drug-likeness (QED) is 0.395. The SMILES string of the molecule is CCOC(=O)c1cc(Cc2ccccc2)sc1NC(=S)NCc1ccc2c(c1)OCO2. The Morgan fingerprint density at radius 3 is 2.71 bits per heavy atom. The highest BCUT2D eigenvalue weighted by atomic mass is 32.1. The van der Waals surface area contributed by atoms with Gasteiger partial charge in [0.05, 0.1) is 12.2 Å². The Morgan fingerprint density at radius 1 is 1.10 bits per heavy atom. The van der Waals surface area contributed by atoms with Crippen LogP contribution in [0.3, 0.4) is 0 Å². The van der Waals surface area contributed by atoms with Crippen molar-refractivity contribution < 1.29 is 19.0 Å². The number of thiocarbonyl (C=S) groups is 1. The molecule has 0 fully saturated rings. The van der Waals surface area contributed by atoms with Crippen molar-refractivity contribution in [2.24, 2.45) is 0 Å². The van der Waals surface area contributed by atoms with Gasteiger partial charge in [0.25, 0.3) is 0 Å². The minimum absolute atomic E-state index is 0.243. The third-order valence-electron chi connectivity index (χ3n) is 4.62. The van der Waals surface area contributed by atoms with Gasteiger partial charge in [0, 0.05) is 17.8 Å². The Labute approximate surface area is 190 Å². The number of esters is 1. The lowest BCUT2D eigenvalue weighted by Crippen LogP contribution is -2.28. The maximum absolute atomic E-state index is 12.5. The molecule has 2 heterocycles. The fraction of sp³-hybridized carbons (Fsp3) is 0.217. The second kappa shape index (κ2) is 9.80. The van der Waals surface area contributed by atoms with E-state index in [4.69, 9.17) is 26.4 Å². The first-order valence-electron chi connectivity index (χ1n) is 9.89. The van der Waals surface area contributed by atoms with E-state index in [-0.39, 0.29) is 12.8 Å². The smallest absolute Gasteiger partial charge is 0.341 e. The summed E-state index contributed by atoms with van der Waals surface area (Å²) in [5, 5.41) is 7.44. The normalized spacial score (nSPS) is 11.8. The van der Waals surface area contributed by atoms with Crippen LogP contribution in [0.1, 0.15) is 33.3 Å². The molecule has 2 N–H and O–H groups in total. The number of carbonyl (C=O) groups excluding carboxylic acids is 1. The van der Waals surface area contributed by atoms with E-state index in [1.165, 1.54) is 16.9 Å². The van der Waals surface area contributed by atoms with Gasteiger partial charge in [0.1, 0.15) is 5.00 Å². The molecule has 1 aliphatic rings. The minimum Gasteiger partial charge on any atom is -0.462 e. The number of rotatable bonds is 7. The molecule has 6 nitrogen and oxygen atoms in total. The lowest BCUT2D eigenvalue weighted by Gasteiger charge is -2.11. The van der Waals surface area contributed by atoms with Gasteiger partial charge in [0.15, 0.2) is 16.6 Å². The zero-order valence-electron chi connectivity index (χ0n) is 17.0. The zero-order valence-corrected chi connectivity index (χ0v) is 18.6. The van der Waals surface area contributed by atoms with Gasteiger partial charge in [-0.2, -0.15) is 0 Å². The Kier molecular flexibility index (Phi) is 6.69. The number of ether oxygens (including phenoxy) is 3. The van der Waals surface area contributed by atoms with E-state index in [2.05, 4.69) is 22.8 Å². The van der Waals surface area contributed by atoms with Gasteiger partial charge in [-0.15, -0.1) is 11.3 Å². The predicted molar refractivity (Wildman–Crippen MR) is 125 cm³/mol. The van der Waals surface area contributed by atoms with Crippen LogP contribution >= 0.6 is 23.6 Å². The molecule has 0 amide bonds. The second-order valence-corrected chi connectivity index (χ2v) is 8.38. The number of hydrogen-bond acceptors (Lipinski definition) is 6. The van der Waals surface area contributed by atoms with Crippen molar-refractivity contribution in [1.29, 1.82) is 0 Å². The Balaban J connectivity index is 1.44. The van der Waals surface area contributed by atoms with Crippen LogP contribution in [0.5, 0.6) is 11.5 Å². The van der Waals surface area contributed by atoms with Gasteiger partial charge in [0.2, 0.25) is 6.79 Å². The van der Waals surface area contributed by atoms with E-state index >= 15 is 0 Å². The van der Waals surface area contributed by atoms with Gasteiger partial charge < -0.3 is 24.8 Å². The van der Waals surface area contributed by atoms with Crippen molar-refractivity contribution >= 4 is 39.6 Å². The molecule has 1 aromatic heterocycles. The first kappa shape index (κ1) is 21.1. The monoisotopic (exact) mass is 454 g/mol. The molecular formula is C23H22N2O4S2. The third-order valence-corrected chi connectivity index (χ3v) is 5.91. The maximum Gasteiger partial charge on any atom is 0.341 e. The predicted octanol–water partition coefficient (Wildman–Crippen LogP) is 4.73. The number of fused-ring (bicyclic) bond motifs is 1. The molecule has 4 rings (SSSR count). The summed E-state index contributed by atoms with van der Waals surface area (Å²) >= 11 is 6.96. The average Bonchev–Trinajstić information content (AvgIpc) is 3.39. The van der Waals surface area contributed by atoms with Crippen LogP contribution in [-0.2, 0) is 17.7 Å². The Hall–Kier alpha value is -3.10. The standard InChI is InChI=1S/C23H22N2O4S2/c1-2-27-22(26)18-12-17(10-15-6-4-3-5-7-15)31-21(18)25-23(30)24-13-16-8-9-19-20(11-16)29-14-28-19/h3-9,11-12H,2,10,13-14H2,1H3,(H2,24,25,30). The van der Waals surface area contributed by atoms with E-state index in [0.717, 1.165) is 28.4 Å². The average molecular weight is 455 g/mol. The van der Waals surface area contributed by atoms with Crippen molar-refractivity contribution in [3.8, 4) is 11.5 Å². The lowest BCUT2D eigenvalue weighted by atomic mass is 10.1. The largest absolute Gasteiger partial charge is 0.462 e. The fourth-order valence-electron chi connectivity index (χ4n) is 3.16. The van der Waals surface area contributed by atoms with Crippen LogP contribution in [0.2, 0.25) is 0 Å². The minimum atomic E-state index is -0.362. The molecule has 8 heteroatoms. The molecule has 0 unspecified atom stereocenters. The molecule has 3 aromatic rings. The number of nitrogens with one attached hydrogen (secondary N) is 2. The summed E-state index contributed by atoms with van der Waals surface area (Å²) in [4.78, 5) is 13.5. The van der Waals surface area contributed by atoms with Gasteiger partial charge >= 0.3 is 5.97 Å². The van der Waals surface area contributed by atoms with Crippen molar-refractivity contribution in [3.63, 3.8) is 0 Å². The molecule has 0 aliphatic carbocycles. The number of carbonyl (C=O) groups is 1. The van der Waals surface area contributed by atoms with E-state index in [0.29, 0.717) is 28.8 Å². The van der Waals surface area contributed by atoms with E-state index in [1.807, 2.05) is 42.5 Å². The van der Waals surface area contributed by atoms with Crippen LogP contribution in [0.15, 0.2) is 54.6 Å². The Bertz CT molecular complexity index is 1080. The molecule has 0 atom stereocenters. The molecule has 2 aromatic carbocycles. The summed E-state index contributed by atoms with van der Waals surface area (Å²) in [6, 6.07) is 17.7. The number of benzene rings is 2. The van der Waals surface area contributed by atoms with Crippen LogP contribution in [0.25, 0.3) is 0 Å². The molecule has 0 saturated carbocycles. The summed E-state index contributed by atoms with van der Waals surface area (Å²) in [5.74, 6) is 1.11. The topological polar surface area (TPSA) is 68.8 Å². The molecular weight excluding hydrogens is 432 g/mol. The van der Waals surface area contributed by atoms with Crippen LogP contribution in [0.4, 0.5) is 5.00 Å². The summed E-state index contributed by atoms with van der Waals surface area (Å²) in [7, 11) is 0. The molecule has 1 aliphatic heterocycles. The van der Waals surface area contributed by atoms with Crippen LogP contribution in [-0.4, -0.2) is 24.5 Å². The number of anilines is 1. The number of hydrogen-bond donors (Lipinski definition) is 2. The number of thiophene rings is 1. The lowest BCUT2D eigenvalue weighted by molar-refractivity contribution is 0.0528. The summed E-state index contributed by atoms with van der Waals surface area (Å²) in [6.07, 6.45) is 0.733. The van der Waals surface area contributed by atoms with Crippen LogP contribution in [0, 0.1) is 0 Å². The molecule has 160 valence electrons. The molecule has 0 saturated heterocycles. The van der Waals surface area contributed by atoms with Gasteiger partial charge in [-0.25, -0.2) is 4.79 Å². The van der Waals surface area contributed by atoms with Crippen molar-refractivity contribution in [2.75, 3.05) is 18.7 Å². The second-order valence-electron chi connectivity index (χ2n) is 6.83. The zero-order chi connectivity index (χ0) is 21.6. The summed E-state index contributed by atoms with van der Waals surface area (Å²) < 4.78 is 16.0. The summed E-state index contributed by atoms with van der Waals surface area (Å²) in [6.45, 7) is 2.86. The van der Waals surface area contributed by atoms with E-state index < -0.39 is 0 Å². The van der Waals surface area contributed by atoms with Crippen molar-refractivity contribution in [3.05, 3.63) is 76.2 Å². The van der Waals surface area contributed by atoms with Gasteiger partial charge in [-0.3, -0.25) is 0 Å². The summed E-state index contributed by atoms with van der Waals surface area (Å²) in [5.41, 5.74) is 2.68. The van der Waals surface area contributed by atoms with E-state index in [1.54, 1.807) is 6.92 Å². The van der Waals surface area contributed by atoms with Crippen molar-refractivity contribution in [1.82, 2.24) is 5.32 Å². The molecule has 0 radical (unpaired) electrons. The third kappa shape index (κ3) is 5.34.